The van der Waals surface area contributed by atoms with Crippen LogP contribution in [0.15, 0.2) is 24.3 Å². The fraction of sp³-hybridized carbons (Fsp3) is 0.471. The third-order valence-corrected chi connectivity index (χ3v) is 4.21. The molecule has 1 aliphatic rings. The molecule has 124 valence electrons. The average Bonchev–Trinajstić information content (AvgIpc) is 2.56. The van der Waals surface area contributed by atoms with E-state index in [1.165, 1.54) is 6.92 Å². The van der Waals surface area contributed by atoms with Gasteiger partial charge in [0, 0.05) is 39.6 Å². The first-order valence-corrected chi connectivity index (χ1v) is 7.78. The Bertz CT molecular complexity index is 580. The number of aryl methyl sites for hydroxylation is 1. The van der Waals surface area contributed by atoms with Gasteiger partial charge >= 0.3 is 0 Å². The summed E-state index contributed by atoms with van der Waals surface area (Å²) >= 11 is 0. The predicted molar refractivity (Wildman–Crippen MR) is 86.5 cm³/mol. The number of hydrogen-bond donors (Lipinski definition) is 0. The fourth-order valence-corrected chi connectivity index (χ4v) is 2.61. The average molecular weight is 317 g/mol. The second-order valence-electron chi connectivity index (χ2n) is 5.82. The van der Waals surface area contributed by atoms with Crippen molar-refractivity contribution >= 4 is 18.2 Å². The minimum absolute atomic E-state index is 0.0701. The molecule has 2 rings (SSSR count). The van der Waals surface area contributed by atoms with Crippen LogP contribution in [0, 0.1) is 6.92 Å². The lowest BCUT2D eigenvalue weighted by Gasteiger charge is -2.34. The molecule has 0 N–H and O–H groups in total. The first-order valence-electron chi connectivity index (χ1n) is 7.78. The van der Waals surface area contributed by atoms with Gasteiger partial charge in [0.2, 0.25) is 18.2 Å². The van der Waals surface area contributed by atoms with Crippen LogP contribution in [0.3, 0.4) is 0 Å². The monoisotopic (exact) mass is 317 g/mol. The van der Waals surface area contributed by atoms with Crippen molar-refractivity contribution in [1.29, 1.82) is 0 Å². The second-order valence-corrected chi connectivity index (χ2v) is 5.82. The Kier molecular flexibility index (Phi) is 5.73. The van der Waals surface area contributed by atoms with Gasteiger partial charge in [0.1, 0.15) is 6.54 Å². The Morgan fingerprint density at radius 1 is 1.17 bits per heavy atom. The maximum atomic E-state index is 12.4. The summed E-state index contributed by atoms with van der Waals surface area (Å²) in [6, 6.07) is 7.85. The second kappa shape index (κ2) is 7.76. The van der Waals surface area contributed by atoms with E-state index in [-0.39, 0.29) is 18.4 Å². The first kappa shape index (κ1) is 17.0. The Morgan fingerprint density at radius 2 is 1.83 bits per heavy atom. The number of benzene rings is 1. The molecule has 0 atom stereocenters. The van der Waals surface area contributed by atoms with Gasteiger partial charge in [-0.05, 0) is 18.1 Å². The van der Waals surface area contributed by atoms with Crippen molar-refractivity contribution in [2.75, 3.05) is 32.7 Å². The van der Waals surface area contributed by atoms with Crippen molar-refractivity contribution in [2.45, 2.75) is 20.4 Å². The van der Waals surface area contributed by atoms with Crippen molar-refractivity contribution < 1.29 is 14.4 Å². The van der Waals surface area contributed by atoms with Crippen molar-refractivity contribution in [3.05, 3.63) is 35.4 Å². The summed E-state index contributed by atoms with van der Waals surface area (Å²) in [6.45, 7) is 6.12. The normalized spacial score (nSPS) is 14.5. The summed E-state index contributed by atoms with van der Waals surface area (Å²) < 4.78 is 0. The van der Waals surface area contributed by atoms with Crippen LogP contribution in [0.5, 0.6) is 0 Å². The molecule has 1 heterocycles. The number of rotatable bonds is 5. The molecule has 1 aromatic carbocycles. The SMILES string of the molecule is CC(=O)N(CC(=O)N1CCN(C=O)CC1)Cc1ccccc1C. The van der Waals surface area contributed by atoms with E-state index < -0.39 is 0 Å². The molecule has 1 aliphatic heterocycles. The zero-order chi connectivity index (χ0) is 16.8. The zero-order valence-corrected chi connectivity index (χ0v) is 13.7. The quantitative estimate of drug-likeness (QED) is 0.749. The minimum atomic E-state index is -0.117. The summed E-state index contributed by atoms with van der Waals surface area (Å²) in [5, 5.41) is 0. The Hall–Kier alpha value is -2.37. The summed E-state index contributed by atoms with van der Waals surface area (Å²) in [5.41, 5.74) is 2.15. The van der Waals surface area contributed by atoms with Crippen molar-refractivity contribution in [3.63, 3.8) is 0 Å². The van der Waals surface area contributed by atoms with Crippen LogP contribution in [-0.4, -0.2) is 65.6 Å². The van der Waals surface area contributed by atoms with E-state index in [1.54, 1.807) is 14.7 Å². The molecule has 1 saturated heterocycles. The number of nitrogens with zero attached hydrogens (tertiary/aromatic N) is 3. The molecule has 6 nitrogen and oxygen atoms in total. The van der Waals surface area contributed by atoms with Crippen molar-refractivity contribution in [2.24, 2.45) is 0 Å². The lowest BCUT2D eigenvalue weighted by atomic mass is 10.1. The molecule has 0 saturated carbocycles. The molecular formula is C17H23N3O3. The highest BCUT2D eigenvalue weighted by Crippen LogP contribution is 2.11. The molecule has 6 heteroatoms. The van der Waals surface area contributed by atoms with Crippen LogP contribution in [0.2, 0.25) is 0 Å². The predicted octanol–water partition coefficient (Wildman–Crippen LogP) is 0.644. The number of hydrogen-bond acceptors (Lipinski definition) is 3. The molecule has 0 spiro atoms. The highest BCUT2D eigenvalue weighted by atomic mass is 16.2. The van der Waals surface area contributed by atoms with Gasteiger partial charge in [-0.3, -0.25) is 14.4 Å². The molecule has 0 unspecified atom stereocenters. The van der Waals surface area contributed by atoms with E-state index in [9.17, 15) is 14.4 Å². The van der Waals surface area contributed by atoms with Crippen molar-refractivity contribution in [3.8, 4) is 0 Å². The van der Waals surface area contributed by atoms with Gasteiger partial charge in [-0.2, -0.15) is 0 Å². The number of piperazine rings is 1. The molecule has 1 aromatic rings. The maximum absolute atomic E-state index is 12.4. The van der Waals surface area contributed by atoms with Gasteiger partial charge in [-0.1, -0.05) is 24.3 Å². The van der Waals surface area contributed by atoms with Crippen LogP contribution >= 0.6 is 0 Å². The van der Waals surface area contributed by atoms with Crippen LogP contribution in [0.4, 0.5) is 0 Å². The molecule has 23 heavy (non-hydrogen) atoms. The summed E-state index contributed by atoms with van der Waals surface area (Å²) in [5.74, 6) is -0.188. The van der Waals surface area contributed by atoms with Gasteiger partial charge in [0.15, 0.2) is 0 Å². The third kappa shape index (κ3) is 4.55. The Labute approximate surface area is 136 Å². The third-order valence-electron chi connectivity index (χ3n) is 4.21. The van der Waals surface area contributed by atoms with E-state index in [0.29, 0.717) is 32.7 Å². The van der Waals surface area contributed by atoms with Gasteiger partial charge in [-0.15, -0.1) is 0 Å². The molecule has 1 fully saturated rings. The van der Waals surface area contributed by atoms with Gasteiger partial charge in [0.05, 0.1) is 0 Å². The molecule has 0 radical (unpaired) electrons. The lowest BCUT2D eigenvalue weighted by molar-refractivity contribution is -0.141. The standard InChI is InChI=1S/C17H23N3O3/c1-14-5-3-4-6-16(14)11-20(15(2)22)12-17(23)19-9-7-18(13-21)8-10-19/h3-6,13H,7-12H2,1-2H3. The van der Waals surface area contributed by atoms with E-state index in [1.807, 2.05) is 31.2 Å². The van der Waals surface area contributed by atoms with E-state index in [4.69, 9.17) is 0 Å². The first-order chi connectivity index (χ1) is 11.0. The molecular weight excluding hydrogens is 294 g/mol. The van der Waals surface area contributed by atoms with Gasteiger partial charge < -0.3 is 14.7 Å². The molecule has 0 aliphatic carbocycles. The van der Waals surface area contributed by atoms with Crippen LogP contribution in [0.1, 0.15) is 18.1 Å². The van der Waals surface area contributed by atoms with Crippen LogP contribution < -0.4 is 0 Å². The number of carbonyl (C=O) groups is 3. The molecule has 0 bridgehead atoms. The fourth-order valence-electron chi connectivity index (χ4n) is 2.61. The number of amides is 3. The number of carbonyl (C=O) groups excluding carboxylic acids is 3. The summed E-state index contributed by atoms with van der Waals surface area (Å²) in [7, 11) is 0. The highest BCUT2D eigenvalue weighted by molar-refractivity contribution is 5.84. The van der Waals surface area contributed by atoms with Crippen LogP contribution in [-0.2, 0) is 20.9 Å². The Morgan fingerprint density at radius 3 is 2.39 bits per heavy atom. The zero-order valence-electron chi connectivity index (χ0n) is 13.7. The highest BCUT2D eigenvalue weighted by Gasteiger charge is 2.23. The van der Waals surface area contributed by atoms with Gasteiger partial charge in [0.25, 0.3) is 0 Å². The summed E-state index contributed by atoms with van der Waals surface area (Å²) in [6.07, 6.45) is 0.807. The van der Waals surface area contributed by atoms with Crippen molar-refractivity contribution in [1.82, 2.24) is 14.7 Å². The largest absolute Gasteiger partial charge is 0.342 e. The smallest absolute Gasteiger partial charge is 0.242 e. The van der Waals surface area contributed by atoms with Crippen LogP contribution in [0.25, 0.3) is 0 Å². The molecule has 0 aromatic heterocycles. The lowest BCUT2D eigenvalue weighted by Crippen LogP contribution is -2.51. The topological polar surface area (TPSA) is 60.9 Å². The molecule has 3 amide bonds. The Balaban J connectivity index is 1.97. The minimum Gasteiger partial charge on any atom is -0.342 e. The maximum Gasteiger partial charge on any atom is 0.242 e. The van der Waals surface area contributed by atoms with E-state index in [0.717, 1.165) is 17.5 Å². The van der Waals surface area contributed by atoms with E-state index in [2.05, 4.69) is 0 Å². The summed E-state index contributed by atoms with van der Waals surface area (Å²) in [4.78, 5) is 39.9. The van der Waals surface area contributed by atoms with E-state index >= 15 is 0 Å². The van der Waals surface area contributed by atoms with Gasteiger partial charge in [-0.25, -0.2) is 0 Å².